The van der Waals surface area contributed by atoms with Crippen molar-refractivity contribution in [2.75, 3.05) is 6.54 Å². The van der Waals surface area contributed by atoms with Crippen LogP contribution in [-0.2, 0) is 0 Å². The highest BCUT2D eigenvalue weighted by Gasteiger charge is 2.16. The molecule has 0 aromatic carbocycles. The standard InChI is InChI=1S/C13H20BrNO/c1-10(13-12(14)7-9-16-13)15-8-6-11-4-2-3-5-11/h7,9-11,15H,2-6,8H2,1H3. The summed E-state index contributed by atoms with van der Waals surface area (Å²) in [4.78, 5) is 0. The molecule has 1 aliphatic rings. The molecule has 1 saturated carbocycles. The maximum atomic E-state index is 5.44. The molecular formula is C13H20BrNO. The third-order valence-electron chi connectivity index (χ3n) is 3.52. The summed E-state index contributed by atoms with van der Waals surface area (Å²) in [5, 5.41) is 3.53. The van der Waals surface area contributed by atoms with Gasteiger partial charge in [-0.1, -0.05) is 25.7 Å². The van der Waals surface area contributed by atoms with Crippen molar-refractivity contribution in [3.8, 4) is 0 Å². The van der Waals surface area contributed by atoms with Gasteiger partial charge in [0.25, 0.3) is 0 Å². The number of hydrogen-bond acceptors (Lipinski definition) is 2. The lowest BCUT2D eigenvalue weighted by atomic mass is 10.0. The number of furan rings is 1. The molecule has 1 fully saturated rings. The second-order valence-corrected chi connectivity index (χ2v) is 5.60. The highest BCUT2D eigenvalue weighted by Crippen LogP contribution is 2.28. The highest BCUT2D eigenvalue weighted by molar-refractivity contribution is 9.10. The Kier molecular flexibility index (Phi) is 4.47. The zero-order valence-corrected chi connectivity index (χ0v) is 11.4. The third kappa shape index (κ3) is 3.11. The van der Waals surface area contributed by atoms with Gasteiger partial charge in [-0.25, -0.2) is 0 Å². The Bertz CT molecular complexity index is 317. The zero-order chi connectivity index (χ0) is 11.4. The normalized spacial score (nSPS) is 19.1. The summed E-state index contributed by atoms with van der Waals surface area (Å²) < 4.78 is 6.50. The van der Waals surface area contributed by atoms with Crippen LogP contribution < -0.4 is 5.32 Å². The summed E-state index contributed by atoms with van der Waals surface area (Å²) >= 11 is 3.49. The third-order valence-corrected chi connectivity index (χ3v) is 4.17. The van der Waals surface area contributed by atoms with Gasteiger partial charge < -0.3 is 9.73 Å². The minimum atomic E-state index is 0.297. The number of rotatable bonds is 5. The van der Waals surface area contributed by atoms with Gasteiger partial charge in [0.2, 0.25) is 0 Å². The van der Waals surface area contributed by atoms with E-state index in [2.05, 4.69) is 28.2 Å². The first kappa shape index (κ1) is 12.2. The maximum absolute atomic E-state index is 5.44. The van der Waals surface area contributed by atoms with Crippen LogP contribution in [0.5, 0.6) is 0 Å². The summed E-state index contributed by atoms with van der Waals surface area (Å²) in [6.07, 6.45) is 8.77. The smallest absolute Gasteiger partial charge is 0.134 e. The van der Waals surface area contributed by atoms with Gasteiger partial charge in [-0.05, 0) is 47.8 Å². The van der Waals surface area contributed by atoms with E-state index in [4.69, 9.17) is 4.42 Å². The number of halogens is 1. The minimum absolute atomic E-state index is 0.297. The van der Waals surface area contributed by atoms with Crippen molar-refractivity contribution in [1.82, 2.24) is 5.32 Å². The Morgan fingerprint density at radius 3 is 2.88 bits per heavy atom. The van der Waals surface area contributed by atoms with Crippen LogP contribution in [0.1, 0.15) is 50.8 Å². The summed E-state index contributed by atoms with van der Waals surface area (Å²) in [5.74, 6) is 1.96. The van der Waals surface area contributed by atoms with E-state index in [0.29, 0.717) is 6.04 Å². The topological polar surface area (TPSA) is 25.2 Å². The molecular weight excluding hydrogens is 266 g/mol. The van der Waals surface area contributed by atoms with Crippen molar-refractivity contribution in [1.29, 1.82) is 0 Å². The van der Waals surface area contributed by atoms with Crippen LogP contribution in [0.15, 0.2) is 21.2 Å². The van der Waals surface area contributed by atoms with Gasteiger partial charge in [0, 0.05) is 0 Å². The quantitative estimate of drug-likeness (QED) is 0.874. The lowest BCUT2D eigenvalue weighted by Gasteiger charge is -2.14. The van der Waals surface area contributed by atoms with E-state index in [1.165, 1.54) is 32.1 Å². The van der Waals surface area contributed by atoms with E-state index < -0.39 is 0 Å². The van der Waals surface area contributed by atoms with Crippen molar-refractivity contribution in [3.05, 3.63) is 22.6 Å². The molecule has 1 aromatic heterocycles. The SMILES string of the molecule is CC(NCCC1CCCC1)c1occc1Br. The lowest BCUT2D eigenvalue weighted by Crippen LogP contribution is -2.21. The molecule has 2 nitrogen and oxygen atoms in total. The van der Waals surface area contributed by atoms with Crippen LogP contribution in [0, 0.1) is 5.92 Å². The Morgan fingerprint density at radius 1 is 1.50 bits per heavy atom. The molecule has 0 bridgehead atoms. The summed E-state index contributed by atoms with van der Waals surface area (Å²) in [7, 11) is 0. The van der Waals surface area contributed by atoms with Gasteiger partial charge in [-0.2, -0.15) is 0 Å². The molecule has 3 heteroatoms. The van der Waals surface area contributed by atoms with Crippen molar-refractivity contribution in [2.24, 2.45) is 5.92 Å². The summed E-state index contributed by atoms with van der Waals surface area (Å²) in [5.41, 5.74) is 0. The van der Waals surface area contributed by atoms with E-state index in [9.17, 15) is 0 Å². The Hall–Kier alpha value is -0.280. The van der Waals surface area contributed by atoms with Gasteiger partial charge in [0.1, 0.15) is 5.76 Å². The van der Waals surface area contributed by atoms with Gasteiger partial charge in [-0.3, -0.25) is 0 Å². The Labute approximate surface area is 106 Å². The fourth-order valence-electron chi connectivity index (χ4n) is 2.51. The lowest BCUT2D eigenvalue weighted by molar-refractivity contribution is 0.403. The molecule has 0 amide bonds. The molecule has 0 spiro atoms. The maximum Gasteiger partial charge on any atom is 0.134 e. The average molecular weight is 286 g/mol. The van der Waals surface area contributed by atoms with Crippen molar-refractivity contribution in [2.45, 2.75) is 45.1 Å². The van der Waals surface area contributed by atoms with Crippen molar-refractivity contribution in [3.63, 3.8) is 0 Å². The second-order valence-electron chi connectivity index (χ2n) is 4.75. The molecule has 0 radical (unpaired) electrons. The Morgan fingerprint density at radius 2 is 2.25 bits per heavy atom. The first-order chi connectivity index (χ1) is 7.77. The van der Waals surface area contributed by atoms with E-state index in [0.717, 1.165) is 22.7 Å². The highest BCUT2D eigenvalue weighted by atomic mass is 79.9. The average Bonchev–Trinajstić information content (AvgIpc) is 2.88. The van der Waals surface area contributed by atoms with E-state index in [1.807, 2.05) is 6.07 Å². The fourth-order valence-corrected chi connectivity index (χ4v) is 3.05. The van der Waals surface area contributed by atoms with Gasteiger partial charge in [0.15, 0.2) is 0 Å². The van der Waals surface area contributed by atoms with Gasteiger partial charge in [-0.15, -0.1) is 0 Å². The summed E-state index contributed by atoms with van der Waals surface area (Å²) in [6, 6.07) is 2.25. The largest absolute Gasteiger partial charge is 0.466 e. The summed E-state index contributed by atoms with van der Waals surface area (Å²) in [6.45, 7) is 3.25. The molecule has 0 saturated heterocycles. The molecule has 1 unspecified atom stereocenters. The fraction of sp³-hybridized carbons (Fsp3) is 0.692. The first-order valence-corrected chi connectivity index (χ1v) is 7.03. The predicted molar refractivity (Wildman–Crippen MR) is 69.4 cm³/mol. The zero-order valence-electron chi connectivity index (χ0n) is 9.84. The van der Waals surface area contributed by atoms with Crippen LogP contribution in [-0.4, -0.2) is 6.54 Å². The molecule has 2 rings (SSSR count). The molecule has 1 heterocycles. The Balaban J connectivity index is 1.71. The van der Waals surface area contributed by atoms with E-state index in [1.54, 1.807) is 6.26 Å². The van der Waals surface area contributed by atoms with E-state index in [-0.39, 0.29) is 0 Å². The van der Waals surface area contributed by atoms with Gasteiger partial charge in [0.05, 0.1) is 16.8 Å². The van der Waals surface area contributed by atoms with Crippen LogP contribution in [0.4, 0.5) is 0 Å². The molecule has 1 N–H and O–H groups in total. The number of hydrogen-bond donors (Lipinski definition) is 1. The molecule has 1 atom stereocenters. The van der Waals surface area contributed by atoms with Gasteiger partial charge >= 0.3 is 0 Å². The van der Waals surface area contributed by atoms with Crippen LogP contribution in [0.3, 0.4) is 0 Å². The second kappa shape index (κ2) is 5.87. The van der Waals surface area contributed by atoms with Crippen molar-refractivity contribution >= 4 is 15.9 Å². The molecule has 0 aliphatic heterocycles. The molecule has 90 valence electrons. The van der Waals surface area contributed by atoms with Crippen LogP contribution in [0.25, 0.3) is 0 Å². The van der Waals surface area contributed by atoms with Crippen molar-refractivity contribution < 1.29 is 4.42 Å². The van der Waals surface area contributed by atoms with E-state index >= 15 is 0 Å². The first-order valence-electron chi connectivity index (χ1n) is 6.23. The monoisotopic (exact) mass is 285 g/mol. The molecule has 16 heavy (non-hydrogen) atoms. The number of nitrogens with one attached hydrogen (secondary N) is 1. The predicted octanol–water partition coefficient (Wildman–Crippen LogP) is 4.27. The molecule has 1 aromatic rings. The van der Waals surface area contributed by atoms with Crippen LogP contribution >= 0.6 is 15.9 Å². The van der Waals surface area contributed by atoms with Crippen LogP contribution in [0.2, 0.25) is 0 Å². The minimum Gasteiger partial charge on any atom is -0.466 e. The molecule has 1 aliphatic carbocycles.